The molecule has 0 saturated carbocycles. The van der Waals surface area contributed by atoms with E-state index in [1.807, 2.05) is 12.3 Å². The van der Waals surface area contributed by atoms with Crippen molar-refractivity contribution in [3.8, 4) is 10.6 Å². The lowest BCUT2D eigenvalue weighted by molar-refractivity contribution is -0.122. The molecule has 0 aromatic carbocycles. The Morgan fingerprint density at radius 2 is 2.18 bits per heavy atom. The summed E-state index contributed by atoms with van der Waals surface area (Å²) in [6, 6.07) is 0.559. The number of anilines is 1. The van der Waals surface area contributed by atoms with Crippen molar-refractivity contribution in [1.29, 1.82) is 0 Å². The van der Waals surface area contributed by atoms with Crippen molar-refractivity contribution in [2.45, 2.75) is 13.1 Å². The van der Waals surface area contributed by atoms with Gasteiger partial charge in [0.05, 0.1) is 0 Å². The lowest BCUT2D eigenvalue weighted by Gasteiger charge is -2.10. The Morgan fingerprint density at radius 1 is 1.45 bits per heavy atom. The van der Waals surface area contributed by atoms with Gasteiger partial charge in [0.25, 0.3) is 0 Å². The summed E-state index contributed by atoms with van der Waals surface area (Å²) in [5, 5.41) is 6.54. The average Bonchev–Trinajstić information content (AvgIpc) is 2.84. The third-order valence-corrected chi connectivity index (χ3v) is 4.02. The molecule has 2 aromatic heterocycles. The van der Waals surface area contributed by atoms with Gasteiger partial charge in [0, 0.05) is 27.3 Å². The molecule has 0 unspecified atom stereocenters. The van der Waals surface area contributed by atoms with Gasteiger partial charge in [0.15, 0.2) is 0 Å². The Morgan fingerprint density at radius 3 is 2.77 bits per heavy atom. The molecule has 2 rings (SSSR count). The summed E-state index contributed by atoms with van der Waals surface area (Å²) < 4.78 is 36.7. The van der Waals surface area contributed by atoms with E-state index >= 15 is 0 Å². The largest absolute Gasteiger partial charge is 0.405 e. The van der Waals surface area contributed by atoms with Crippen LogP contribution in [0.25, 0.3) is 10.6 Å². The number of halogens is 4. The van der Waals surface area contributed by atoms with Crippen LogP contribution in [0.4, 0.5) is 23.8 Å². The fourth-order valence-corrected chi connectivity index (χ4v) is 2.85. The van der Waals surface area contributed by atoms with Crippen molar-refractivity contribution in [3.63, 3.8) is 0 Å². The predicted octanol–water partition coefficient (Wildman–Crippen LogP) is 3.96. The molecule has 10 heteroatoms. The van der Waals surface area contributed by atoms with E-state index < -0.39 is 18.8 Å². The van der Waals surface area contributed by atoms with Crippen molar-refractivity contribution in [3.05, 3.63) is 27.8 Å². The first-order valence-electron chi connectivity index (χ1n) is 5.94. The van der Waals surface area contributed by atoms with E-state index in [2.05, 4.69) is 31.2 Å². The number of rotatable bonds is 3. The van der Waals surface area contributed by atoms with Gasteiger partial charge in [-0.3, -0.25) is 5.32 Å². The second-order valence-corrected chi connectivity index (χ2v) is 5.98. The van der Waals surface area contributed by atoms with Gasteiger partial charge >= 0.3 is 12.2 Å². The Kier molecular flexibility index (Phi) is 5.01. The molecule has 0 bridgehead atoms. The highest BCUT2D eigenvalue weighted by atomic mass is 79.9. The van der Waals surface area contributed by atoms with Gasteiger partial charge in [-0.2, -0.15) is 13.2 Å². The lowest BCUT2D eigenvalue weighted by Crippen LogP contribution is -2.36. The first kappa shape index (κ1) is 16.7. The van der Waals surface area contributed by atoms with Crippen LogP contribution in [0.3, 0.4) is 0 Å². The molecule has 22 heavy (non-hydrogen) atoms. The van der Waals surface area contributed by atoms with E-state index in [1.165, 1.54) is 23.6 Å². The molecule has 2 heterocycles. The van der Waals surface area contributed by atoms with Gasteiger partial charge in [-0.15, -0.1) is 11.3 Å². The van der Waals surface area contributed by atoms with Crippen LogP contribution < -0.4 is 10.6 Å². The number of hydrogen-bond donors (Lipinski definition) is 2. The Labute approximate surface area is 136 Å². The first-order chi connectivity index (χ1) is 10.2. The fraction of sp³-hybridized carbons (Fsp3) is 0.250. The highest BCUT2D eigenvalue weighted by molar-refractivity contribution is 9.10. The number of aromatic nitrogens is 2. The van der Waals surface area contributed by atoms with Crippen LogP contribution in [0.15, 0.2) is 22.1 Å². The van der Waals surface area contributed by atoms with Crippen LogP contribution in [-0.4, -0.2) is 28.7 Å². The standard InChI is InChI=1S/C12H10BrF3N4OS/c1-6-4-22-10(19-6)7-2-9(17-3-8(7)13)20-11(21)18-5-12(14,15)16/h2-4H,5H2,1H3,(H2,17,18,20,21). The molecule has 0 saturated heterocycles. The number of pyridine rings is 1. The third kappa shape index (κ3) is 4.67. The van der Waals surface area contributed by atoms with Crippen molar-refractivity contribution in [2.75, 3.05) is 11.9 Å². The van der Waals surface area contributed by atoms with Gasteiger partial charge < -0.3 is 5.32 Å². The highest BCUT2D eigenvalue weighted by Gasteiger charge is 2.27. The number of amides is 2. The summed E-state index contributed by atoms with van der Waals surface area (Å²) in [6.07, 6.45) is -3.01. The molecule has 0 fully saturated rings. The molecule has 0 radical (unpaired) electrons. The number of alkyl halides is 3. The van der Waals surface area contributed by atoms with E-state index in [0.717, 1.165) is 5.69 Å². The van der Waals surface area contributed by atoms with Crippen molar-refractivity contribution in [2.24, 2.45) is 0 Å². The normalized spacial score (nSPS) is 11.3. The fourth-order valence-electron chi connectivity index (χ4n) is 1.49. The minimum Gasteiger partial charge on any atom is -0.329 e. The summed E-state index contributed by atoms with van der Waals surface area (Å²) in [5.41, 5.74) is 1.54. The second kappa shape index (κ2) is 6.61. The first-order valence-corrected chi connectivity index (χ1v) is 7.61. The van der Waals surface area contributed by atoms with Gasteiger partial charge in [-0.25, -0.2) is 14.8 Å². The van der Waals surface area contributed by atoms with Gasteiger partial charge in [-0.05, 0) is 28.9 Å². The second-order valence-electron chi connectivity index (χ2n) is 4.27. The molecule has 0 aliphatic carbocycles. The molecule has 0 aliphatic rings. The Bertz CT molecular complexity index is 689. The summed E-state index contributed by atoms with van der Waals surface area (Å²) in [7, 11) is 0. The molecule has 2 amide bonds. The maximum atomic E-state index is 12.0. The van der Waals surface area contributed by atoms with Crippen LogP contribution >= 0.6 is 27.3 Å². The molecule has 2 N–H and O–H groups in total. The molecule has 0 atom stereocenters. The summed E-state index contributed by atoms with van der Waals surface area (Å²) in [4.78, 5) is 19.7. The number of nitrogens with one attached hydrogen (secondary N) is 2. The molecule has 0 aliphatic heterocycles. The molecule has 2 aromatic rings. The number of carbonyl (C=O) groups is 1. The van der Waals surface area contributed by atoms with Crippen molar-refractivity contribution < 1.29 is 18.0 Å². The van der Waals surface area contributed by atoms with E-state index in [0.29, 0.717) is 15.0 Å². The van der Waals surface area contributed by atoms with Crippen LogP contribution in [0.2, 0.25) is 0 Å². The Hall–Kier alpha value is -1.68. The summed E-state index contributed by atoms with van der Waals surface area (Å²) >= 11 is 4.74. The van der Waals surface area contributed by atoms with E-state index in [4.69, 9.17) is 0 Å². The zero-order valence-corrected chi connectivity index (χ0v) is 13.6. The highest BCUT2D eigenvalue weighted by Crippen LogP contribution is 2.31. The SMILES string of the molecule is Cc1csc(-c2cc(NC(=O)NCC(F)(F)F)ncc2Br)n1. The monoisotopic (exact) mass is 394 g/mol. The third-order valence-electron chi connectivity index (χ3n) is 2.40. The average molecular weight is 395 g/mol. The van der Waals surface area contributed by atoms with Crippen LogP contribution in [0.5, 0.6) is 0 Å². The topological polar surface area (TPSA) is 66.9 Å². The van der Waals surface area contributed by atoms with Crippen LogP contribution in [-0.2, 0) is 0 Å². The van der Waals surface area contributed by atoms with Crippen molar-refractivity contribution in [1.82, 2.24) is 15.3 Å². The zero-order chi connectivity index (χ0) is 16.3. The molecule has 118 valence electrons. The number of urea groups is 1. The minimum absolute atomic E-state index is 0.130. The maximum Gasteiger partial charge on any atom is 0.405 e. The quantitative estimate of drug-likeness (QED) is 0.827. The minimum atomic E-state index is -4.46. The number of aryl methyl sites for hydroxylation is 1. The summed E-state index contributed by atoms with van der Waals surface area (Å²) in [5.74, 6) is 0.130. The van der Waals surface area contributed by atoms with E-state index in [-0.39, 0.29) is 5.82 Å². The lowest BCUT2D eigenvalue weighted by atomic mass is 10.2. The summed E-state index contributed by atoms with van der Waals surface area (Å²) in [6.45, 7) is 0.437. The van der Waals surface area contributed by atoms with Gasteiger partial charge in [-0.1, -0.05) is 0 Å². The van der Waals surface area contributed by atoms with E-state index in [9.17, 15) is 18.0 Å². The number of hydrogen-bond acceptors (Lipinski definition) is 4. The Balaban J connectivity index is 2.11. The molecular formula is C12H10BrF3N4OS. The van der Waals surface area contributed by atoms with Gasteiger partial charge in [0.1, 0.15) is 17.4 Å². The number of thiazole rings is 1. The van der Waals surface area contributed by atoms with Crippen LogP contribution in [0.1, 0.15) is 5.69 Å². The predicted molar refractivity (Wildman–Crippen MR) is 80.9 cm³/mol. The smallest absolute Gasteiger partial charge is 0.329 e. The number of nitrogens with zero attached hydrogens (tertiary/aromatic N) is 2. The van der Waals surface area contributed by atoms with Gasteiger partial charge in [0.2, 0.25) is 0 Å². The molecular weight excluding hydrogens is 385 g/mol. The van der Waals surface area contributed by atoms with Crippen LogP contribution in [0, 0.1) is 6.92 Å². The number of carbonyl (C=O) groups excluding carboxylic acids is 1. The zero-order valence-electron chi connectivity index (χ0n) is 11.2. The molecule has 0 spiro atoms. The molecule has 5 nitrogen and oxygen atoms in total. The maximum absolute atomic E-state index is 12.0. The van der Waals surface area contributed by atoms with E-state index in [1.54, 1.807) is 5.32 Å². The van der Waals surface area contributed by atoms with Crippen molar-refractivity contribution >= 4 is 39.1 Å².